The first-order valence-corrected chi connectivity index (χ1v) is 10.0. The molecule has 1 aliphatic rings. The molecule has 1 amide bonds. The van der Waals surface area contributed by atoms with Gasteiger partial charge in [0, 0.05) is 32.0 Å². The van der Waals surface area contributed by atoms with E-state index in [4.69, 9.17) is 0 Å². The second kappa shape index (κ2) is 8.10. The number of nitrogens with one attached hydrogen (secondary N) is 1. The summed E-state index contributed by atoms with van der Waals surface area (Å²) in [7, 11) is -3.51. The number of nitrogens with zero attached hydrogens (tertiary/aromatic N) is 1. The largest absolute Gasteiger partial charge is 0.353 e. The SMILES string of the molecule is CC(=O)CCC(=O)NC1CCN(S(=O)(=O)c2cc(C)ccc2C)CC1. The monoisotopic (exact) mass is 366 g/mol. The summed E-state index contributed by atoms with van der Waals surface area (Å²) in [6, 6.07) is 5.39. The zero-order valence-corrected chi connectivity index (χ0v) is 15.9. The number of rotatable bonds is 6. The maximum atomic E-state index is 12.9. The maximum Gasteiger partial charge on any atom is 0.243 e. The van der Waals surface area contributed by atoms with E-state index in [1.165, 1.54) is 11.2 Å². The smallest absolute Gasteiger partial charge is 0.243 e. The van der Waals surface area contributed by atoms with Gasteiger partial charge in [0.15, 0.2) is 0 Å². The van der Waals surface area contributed by atoms with Gasteiger partial charge in [-0.05, 0) is 50.8 Å². The Hall–Kier alpha value is -1.73. The number of Topliss-reactive ketones (excluding diaryl/α,β-unsaturated/α-hetero) is 1. The molecule has 25 heavy (non-hydrogen) atoms. The number of carbonyl (C=O) groups is 2. The number of sulfonamides is 1. The van der Waals surface area contributed by atoms with Crippen LogP contribution < -0.4 is 5.32 Å². The summed E-state index contributed by atoms with van der Waals surface area (Å²) in [4.78, 5) is 23.1. The molecule has 7 heteroatoms. The number of hydrogen-bond donors (Lipinski definition) is 1. The average molecular weight is 366 g/mol. The standard InChI is InChI=1S/C18H26N2O4S/c1-13-4-5-14(2)17(12-13)25(23,24)20-10-8-16(9-11-20)19-18(22)7-6-15(3)21/h4-5,12,16H,6-11H2,1-3H3,(H,19,22). The van der Waals surface area contributed by atoms with Crippen molar-refractivity contribution in [2.45, 2.75) is 57.4 Å². The molecule has 2 rings (SSSR count). The molecule has 1 aromatic carbocycles. The van der Waals surface area contributed by atoms with Crippen LogP contribution in [0.1, 0.15) is 43.7 Å². The van der Waals surface area contributed by atoms with Crippen molar-refractivity contribution in [2.24, 2.45) is 0 Å². The van der Waals surface area contributed by atoms with E-state index in [1.54, 1.807) is 13.0 Å². The van der Waals surface area contributed by atoms with Crippen LogP contribution in [0.3, 0.4) is 0 Å². The first-order chi connectivity index (χ1) is 11.7. The molecule has 1 saturated heterocycles. The highest BCUT2D eigenvalue weighted by Gasteiger charge is 2.30. The lowest BCUT2D eigenvalue weighted by Crippen LogP contribution is -2.46. The second-order valence-corrected chi connectivity index (χ2v) is 8.62. The van der Waals surface area contributed by atoms with Gasteiger partial charge < -0.3 is 10.1 Å². The normalized spacial score (nSPS) is 16.6. The Bertz CT molecular complexity index is 750. The molecule has 0 aromatic heterocycles. The number of hydrogen-bond acceptors (Lipinski definition) is 4. The molecule has 0 unspecified atom stereocenters. The number of amides is 1. The lowest BCUT2D eigenvalue weighted by Gasteiger charge is -2.32. The van der Waals surface area contributed by atoms with E-state index < -0.39 is 10.0 Å². The zero-order chi connectivity index (χ0) is 18.6. The van der Waals surface area contributed by atoms with Crippen LogP contribution in [-0.2, 0) is 19.6 Å². The van der Waals surface area contributed by atoms with Gasteiger partial charge in [-0.3, -0.25) is 4.79 Å². The molecule has 0 spiro atoms. The van der Waals surface area contributed by atoms with Crippen LogP contribution in [0.25, 0.3) is 0 Å². The molecule has 1 N–H and O–H groups in total. The molecule has 0 saturated carbocycles. The van der Waals surface area contributed by atoms with Crippen LogP contribution in [-0.4, -0.2) is 43.5 Å². The van der Waals surface area contributed by atoms with Gasteiger partial charge in [-0.15, -0.1) is 0 Å². The van der Waals surface area contributed by atoms with Crippen molar-refractivity contribution < 1.29 is 18.0 Å². The van der Waals surface area contributed by atoms with Crippen LogP contribution in [0.15, 0.2) is 23.1 Å². The lowest BCUT2D eigenvalue weighted by atomic mass is 10.1. The van der Waals surface area contributed by atoms with Crippen molar-refractivity contribution in [3.63, 3.8) is 0 Å². The molecule has 6 nitrogen and oxygen atoms in total. The van der Waals surface area contributed by atoms with Gasteiger partial charge in [0.25, 0.3) is 0 Å². The minimum atomic E-state index is -3.51. The van der Waals surface area contributed by atoms with Crippen LogP contribution in [0.4, 0.5) is 0 Å². The minimum Gasteiger partial charge on any atom is -0.353 e. The van der Waals surface area contributed by atoms with Crippen molar-refractivity contribution in [1.82, 2.24) is 9.62 Å². The van der Waals surface area contributed by atoms with E-state index in [9.17, 15) is 18.0 Å². The molecular formula is C18H26N2O4S. The van der Waals surface area contributed by atoms with Gasteiger partial charge in [0.05, 0.1) is 4.90 Å². The van der Waals surface area contributed by atoms with Crippen molar-refractivity contribution in [3.05, 3.63) is 29.3 Å². The molecule has 1 aliphatic heterocycles. The van der Waals surface area contributed by atoms with Gasteiger partial charge in [0.2, 0.25) is 15.9 Å². The van der Waals surface area contributed by atoms with Crippen molar-refractivity contribution in [1.29, 1.82) is 0 Å². The zero-order valence-electron chi connectivity index (χ0n) is 15.0. The number of carbonyl (C=O) groups excluding carboxylic acids is 2. The minimum absolute atomic E-state index is 0.00964. The molecular weight excluding hydrogens is 340 g/mol. The van der Waals surface area contributed by atoms with Crippen molar-refractivity contribution >= 4 is 21.7 Å². The summed E-state index contributed by atoms with van der Waals surface area (Å²) in [6.07, 6.45) is 1.59. The van der Waals surface area contributed by atoms with Crippen molar-refractivity contribution in [2.75, 3.05) is 13.1 Å². The highest BCUT2D eigenvalue weighted by Crippen LogP contribution is 2.24. The lowest BCUT2D eigenvalue weighted by molar-refractivity contribution is -0.125. The maximum absolute atomic E-state index is 12.9. The van der Waals surface area contributed by atoms with Gasteiger partial charge >= 0.3 is 0 Å². The Labute approximate surface area is 149 Å². The number of benzene rings is 1. The first kappa shape index (κ1) is 19.6. The third kappa shape index (κ3) is 5.12. The molecule has 138 valence electrons. The van der Waals surface area contributed by atoms with Crippen LogP contribution in [0, 0.1) is 13.8 Å². The summed E-state index contributed by atoms with van der Waals surface area (Å²) < 4.78 is 27.2. The predicted octanol–water partition coefficient (Wildman–Crippen LogP) is 1.94. The van der Waals surface area contributed by atoms with Crippen molar-refractivity contribution in [3.8, 4) is 0 Å². The van der Waals surface area contributed by atoms with Crippen LogP contribution in [0.2, 0.25) is 0 Å². The summed E-state index contributed by atoms with van der Waals surface area (Å²) in [5.74, 6) is -0.157. The molecule has 0 atom stereocenters. The summed E-state index contributed by atoms with van der Waals surface area (Å²) in [5.41, 5.74) is 1.65. The van der Waals surface area contributed by atoms with Gasteiger partial charge in [-0.1, -0.05) is 12.1 Å². The van der Waals surface area contributed by atoms with E-state index in [2.05, 4.69) is 5.32 Å². The molecule has 1 aromatic rings. The Morgan fingerprint density at radius 1 is 1.16 bits per heavy atom. The summed E-state index contributed by atoms with van der Waals surface area (Å²) >= 11 is 0. The van der Waals surface area contributed by atoms with E-state index in [0.717, 1.165) is 11.1 Å². The van der Waals surface area contributed by atoms with Gasteiger partial charge in [0.1, 0.15) is 5.78 Å². The third-order valence-corrected chi connectivity index (χ3v) is 6.53. The Morgan fingerprint density at radius 2 is 1.80 bits per heavy atom. The fourth-order valence-electron chi connectivity index (χ4n) is 2.95. The topological polar surface area (TPSA) is 83.6 Å². The Balaban J connectivity index is 1.96. The number of piperidine rings is 1. The quantitative estimate of drug-likeness (QED) is 0.834. The predicted molar refractivity (Wildman–Crippen MR) is 95.8 cm³/mol. The van der Waals surface area contributed by atoms with Crippen LogP contribution in [0.5, 0.6) is 0 Å². The molecule has 0 radical (unpaired) electrons. The van der Waals surface area contributed by atoms with E-state index in [1.807, 2.05) is 19.1 Å². The fraction of sp³-hybridized carbons (Fsp3) is 0.556. The van der Waals surface area contributed by atoms with Gasteiger partial charge in [-0.2, -0.15) is 4.31 Å². The summed E-state index contributed by atoms with van der Waals surface area (Å²) in [5, 5.41) is 2.89. The second-order valence-electron chi connectivity index (χ2n) is 6.72. The molecule has 1 heterocycles. The molecule has 1 fully saturated rings. The van der Waals surface area contributed by atoms with E-state index in [0.29, 0.717) is 30.8 Å². The highest BCUT2D eigenvalue weighted by atomic mass is 32.2. The molecule has 0 aliphatic carbocycles. The van der Waals surface area contributed by atoms with Gasteiger partial charge in [-0.25, -0.2) is 8.42 Å². The number of ketones is 1. The number of aryl methyl sites for hydroxylation is 2. The Morgan fingerprint density at radius 3 is 2.40 bits per heavy atom. The first-order valence-electron chi connectivity index (χ1n) is 8.56. The Kier molecular flexibility index (Phi) is 6.35. The highest BCUT2D eigenvalue weighted by molar-refractivity contribution is 7.89. The summed E-state index contributed by atoms with van der Waals surface area (Å²) in [6.45, 7) is 5.90. The molecule has 0 bridgehead atoms. The van der Waals surface area contributed by atoms with E-state index in [-0.39, 0.29) is 30.6 Å². The van der Waals surface area contributed by atoms with Crippen LogP contribution >= 0.6 is 0 Å². The third-order valence-electron chi connectivity index (χ3n) is 4.48. The fourth-order valence-corrected chi connectivity index (χ4v) is 4.73. The van der Waals surface area contributed by atoms with E-state index >= 15 is 0 Å². The average Bonchev–Trinajstić information content (AvgIpc) is 2.55.